The highest BCUT2D eigenvalue weighted by atomic mass is 16.5. The Kier molecular flexibility index (Phi) is 5.08. The van der Waals surface area contributed by atoms with Crippen LogP contribution in [-0.2, 0) is 9.59 Å². The van der Waals surface area contributed by atoms with Crippen molar-refractivity contribution >= 4 is 17.4 Å². The maximum atomic E-state index is 12.7. The number of piperidine rings is 1. The second-order valence-corrected chi connectivity index (χ2v) is 6.49. The number of benzene rings is 1. The summed E-state index contributed by atoms with van der Waals surface area (Å²) < 4.78 is 5.45. The van der Waals surface area contributed by atoms with Crippen LogP contribution in [0.3, 0.4) is 0 Å². The summed E-state index contributed by atoms with van der Waals surface area (Å²) in [5.41, 5.74) is 1.61. The summed E-state index contributed by atoms with van der Waals surface area (Å²) >= 11 is 0. The first-order chi connectivity index (χ1) is 12.1. The molecule has 1 N–H and O–H groups in total. The molecule has 1 atom stereocenters. The zero-order valence-corrected chi connectivity index (χ0v) is 14.7. The molecule has 25 heavy (non-hydrogen) atoms. The average Bonchev–Trinajstić information content (AvgIpc) is 2.87. The summed E-state index contributed by atoms with van der Waals surface area (Å²) in [5.74, 6) is 0.316. The Balaban J connectivity index is 1.99. The van der Waals surface area contributed by atoms with Crippen LogP contribution in [0, 0.1) is 5.92 Å². The molecule has 3 rings (SSSR count). The molecule has 0 radical (unpaired) electrons. The lowest BCUT2D eigenvalue weighted by molar-refractivity contribution is -0.136. The molecule has 1 saturated heterocycles. The van der Waals surface area contributed by atoms with Gasteiger partial charge < -0.3 is 14.7 Å². The molecule has 0 aromatic heterocycles. The molecule has 1 aromatic carbocycles. The van der Waals surface area contributed by atoms with E-state index in [1.165, 1.54) is 11.9 Å². The van der Waals surface area contributed by atoms with E-state index in [4.69, 9.17) is 4.74 Å². The highest BCUT2D eigenvalue weighted by Crippen LogP contribution is 2.33. The lowest BCUT2D eigenvalue weighted by Crippen LogP contribution is -2.39. The minimum Gasteiger partial charge on any atom is -0.494 e. The van der Waals surface area contributed by atoms with Gasteiger partial charge in [0, 0.05) is 26.7 Å². The van der Waals surface area contributed by atoms with E-state index >= 15 is 0 Å². The number of amides is 2. The molecule has 2 aliphatic rings. The number of aliphatic hydroxyl groups excluding tert-OH is 1. The number of rotatable bonds is 5. The molecule has 6 heteroatoms. The third kappa shape index (κ3) is 3.26. The highest BCUT2D eigenvalue weighted by molar-refractivity contribution is 6.35. The Bertz CT molecular complexity index is 696. The number of nitrogens with zero attached hydrogens (tertiary/aromatic N) is 2. The lowest BCUT2D eigenvalue weighted by Gasteiger charge is -2.34. The van der Waals surface area contributed by atoms with Crippen LogP contribution in [0.2, 0.25) is 0 Å². The second kappa shape index (κ2) is 7.27. The maximum Gasteiger partial charge on any atom is 0.277 e. The van der Waals surface area contributed by atoms with Crippen molar-refractivity contribution in [1.29, 1.82) is 0 Å². The highest BCUT2D eigenvalue weighted by Gasteiger charge is 2.40. The minimum atomic E-state index is -0.282. The molecule has 2 aliphatic heterocycles. The Labute approximate surface area is 147 Å². The van der Waals surface area contributed by atoms with Crippen LogP contribution >= 0.6 is 0 Å². The first-order valence-corrected chi connectivity index (χ1v) is 8.72. The van der Waals surface area contributed by atoms with Crippen LogP contribution < -0.4 is 4.74 Å². The van der Waals surface area contributed by atoms with Crippen molar-refractivity contribution in [2.75, 3.05) is 33.4 Å². The summed E-state index contributed by atoms with van der Waals surface area (Å²) in [6.45, 7) is 3.90. The van der Waals surface area contributed by atoms with Crippen molar-refractivity contribution in [1.82, 2.24) is 9.80 Å². The monoisotopic (exact) mass is 344 g/mol. The van der Waals surface area contributed by atoms with E-state index in [2.05, 4.69) is 0 Å². The predicted octanol–water partition coefficient (Wildman–Crippen LogP) is 1.50. The number of likely N-dealkylation sites (tertiary alicyclic amines) is 1. The van der Waals surface area contributed by atoms with E-state index in [9.17, 15) is 14.7 Å². The molecule has 1 fully saturated rings. The smallest absolute Gasteiger partial charge is 0.277 e. The van der Waals surface area contributed by atoms with Gasteiger partial charge in [-0.1, -0.05) is 12.1 Å². The molecule has 1 unspecified atom stereocenters. The third-order valence-electron chi connectivity index (χ3n) is 4.81. The minimum absolute atomic E-state index is 0.0974. The number of hydrogen-bond acceptors (Lipinski definition) is 5. The molecule has 0 saturated carbocycles. The van der Waals surface area contributed by atoms with E-state index in [1.54, 1.807) is 0 Å². The van der Waals surface area contributed by atoms with Crippen molar-refractivity contribution in [2.24, 2.45) is 5.92 Å². The fourth-order valence-corrected chi connectivity index (χ4v) is 3.48. The Morgan fingerprint density at radius 1 is 1.20 bits per heavy atom. The van der Waals surface area contributed by atoms with Crippen LogP contribution in [0.5, 0.6) is 5.75 Å². The molecule has 0 spiro atoms. The molecule has 2 amide bonds. The van der Waals surface area contributed by atoms with Crippen molar-refractivity contribution in [3.8, 4) is 5.75 Å². The van der Waals surface area contributed by atoms with Crippen molar-refractivity contribution in [3.63, 3.8) is 0 Å². The number of imide groups is 1. The van der Waals surface area contributed by atoms with Crippen LogP contribution in [0.4, 0.5) is 0 Å². The Morgan fingerprint density at radius 2 is 1.92 bits per heavy atom. The molecular weight excluding hydrogens is 320 g/mol. The number of hydrogen-bond donors (Lipinski definition) is 1. The van der Waals surface area contributed by atoms with Gasteiger partial charge in [0.2, 0.25) is 0 Å². The van der Waals surface area contributed by atoms with E-state index in [1.807, 2.05) is 36.1 Å². The van der Waals surface area contributed by atoms with Gasteiger partial charge in [-0.05, 0) is 43.4 Å². The fraction of sp³-hybridized carbons (Fsp3) is 0.474. The van der Waals surface area contributed by atoms with Gasteiger partial charge in [-0.3, -0.25) is 14.5 Å². The standard InChI is InChI=1S/C19H24N2O4/c1-3-25-15-8-6-14(7-9-15)16-17(19(24)20(2)18(16)23)21-10-4-5-13(11-21)12-22/h6-9,13,22H,3-5,10-12H2,1-2H3. The quantitative estimate of drug-likeness (QED) is 0.820. The fourth-order valence-electron chi connectivity index (χ4n) is 3.48. The van der Waals surface area contributed by atoms with Gasteiger partial charge in [-0.2, -0.15) is 0 Å². The molecule has 134 valence electrons. The van der Waals surface area contributed by atoms with Gasteiger partial charge in [-0.15, -0.1) is 0 Å². The molecule has 2 heterocycles. The first kappa shape index (κ1) is 17.5. The van der Waals surface area contributed by atoms with E-state index in [0.29, 0.717) is 30.0 Å². The van der Waals surface area contributed by atoms with Gasteiger partial charge in [0.1, 0.15) is 11.4 Å². The van der Waals surface area contributed by atoms with Crippen LogP contribution in [0.1, 0.15) is 25.3 Å². The topological polar surface area (TPSA) is 70.1 Å². The van der Waals surface area contributed by atoms with Gasteiger partial charge in [-0.25, -0.2) is 0 Å². The van der Waals surface area contributed by atoms with Crippen molar-refractivity contribution in [3.05, 3.63) is 35.5 Å². The first-order valence-electron chi connectivity index (χ1n) is 8.72. The predicted molar refractivity (Wildman–Crippen MR) is 93.7 cm³/mol. The maximum absolute atomic E-state index is 12.7. The zero-order valence-electron chi connectivity index (χ0n) is 14.7. The van der Waals surface area contributed by atoms with Crippen molar-refractivity contribution in [2.45, 2.75) is 19.8 Å². The van der Waals surface area contributed by atoms with Crippen LogP contribution in [0.15, 0.2) is 30.0 Å². The summed E-state index contributed by atoms with van der Waals surface area (Å²) in [6.07, 6.45) is 1.84. The Hall–Kier alpha value is -2.34. The van der Waals surface area contributed by atoms with Gasteiger partial charge >= 0.3 is 0 Å². The van der Waals surface area contributed by atoms with Gasteiger partial charge in [0.05, 0.1) is 12.2 Å². The van der Waals surface area contributed by atoms with Gasteiger partial charge in [0.15, 0.2) is 0 Å². The van der Waals surface area contributed by atoms with Crippen LogP contribution in [-0.4, -0.2) is 60.1 Å². The van der Waals surface area contributed by atoms with Gasteiger partial charge in [0.25, 0.3) is 11.8 Å². The summed E-state index contributed by atoms with van der Waals surface area (Å²) in [6, 6.07) is 7.26. The number of carbonyl (C=O) groups is 2. The SMILES string of the molecule is CCOc1ccc(C2=C(N3CCCC(CO)C3)C(=O)N(C)C2=O)cc1. The van der Waals surface area contributed by atoms with Crippen molar-refractivity contribution < 1.29 is 19.4 Å². The summed E-state index contributed by atoms with van der Waals surface area (Å²) in [7, 11) is 1.51. The van der Waals surface area contributed by atoms with E-state index in [-0.39, 0.29) is 24.3 Å². The molecule has 1 aromatic rings. The average molecular weight is 344 g/mol. The molecule has 0 bridgehead atoms. The zero-order chi connectivity index (χ0) is 18.0. The number of aliphatic hydroxyl groups is 1. The van der Waals surface area contributed by atoms with E-state index < -0.39 is 0 Å². The summed E-state index contributed by atoms with van der Waals surface area (Å²) in [5, 5.41) is 9.47. The summed E-state index contributed by atoms with van der Waals surface area (Å²) in [4.78, 5) is 28.5. The Morgan fingerprint density at radius 3 is 2.56 bits per heavy atom. The largest absolute Gasteiger partial charge is 0.494 e. The normalized spacial score (nSPS) is 21.3. The molecule has 0 aliphatic carbocycles. The second-order valence-electron chi connectivity index (χ2n) is 6.49. The molecule has 6 nitrogen and oxygen atoms in total. The van der Waals surface area contributed by atoms with Crippen LogP contribution in [0.25, 0.3) is 5.57 Å². The van der Waals surface area contributed by atoms with E-state index in [0.717, 1.165) is 25.1 Å². The number of carbonyl (C=O) groups excluding carboxylic acids is 2. The molecular formula is C19H24N2O4. The number of ether oxygens (including phenoxy) is 1. The lowest BCUT2D eigenvalue weighted by atomic mass is 9.97. The third-order valence-corrected chi connectivity index (χ3v) is 4.81. The number of likely N-dealkylation sites (N-methyl/N-ethyl adjacent to an activating group) is 1.